The SMILES string of the molecule is C/C(N)=C/C(=O)NCCC(C)(C)CC(C)CNC(=O)/C=C(/C)N. The van der Waals surface area contributed by atoms with Gasteiger partial charge in [0.2, 0.25) is 11.8 Å². The minimum Gasteiger partial charge on any atom is -0.402 e. The zero-order chi connectivity index (χ0) is 18.0. The summed E-state index contributed by atoms with van der Waals surface area (Å²) in [7, 11) is 0. The average Bonchev–Trinajstić information content (AvgIpc) is 2.33. The highest BCUT2D eigenvalue weighted by atomic mass is 16.2. The van der Waals surface area contributed by atoms with Gasteiger partial charge < -0.3 is 22.1 Å². The first-order chi connectivity index (χ1) is 10.5. The van der Waals surface area contributed by atoms with E-state index in [-0.39, 0.29) is 17.2 Å². The van der Waals surface area contributed by atoms with Crippen molar-refractivity contribution >= 4 is 11.8 Å². The summed E-state index contributed by atoms with van der Waals surface area (Å²) in [5.74, 6) is 0.0122. The molecule has 0 saturated carbocycles. The molecule has 0 saturated heterocycles. The van der Waals surface area contributed by atoms with Crippen molar-refractivity contribution in [3.63, 3.8) is 0 Å². The molecule has 0 aromatic rings. The predicted octanol–water partition coefficient (Wildman–Crippen LogP) is 1.39. The molecule has 0 bridgehead atoms. The van der Waals surface area contributed by atoms with E-state index in [1.165, 1.54) is 12.2 Å². The monoisotopic (exact) mass is 324 g/mol. The van der Waals surface area contributed by atoms with Crippen LogP contribution >= 0.6 is 0 Å². The maximum absolute atomic E-state index is 11.5. The summed E-state index contributed by atoms with van der Waals surface area (Å²) in [6, 6.07) is 0. The Morgan fingerprint density at radius 3 is 2.00 bits per heavy atom. The summed E-state index contributed by atoms with van der Waals surface area (Å²) in [4.78, 5) is 23.0. The lowest BCUT2D eigenvalue weighted by Gasteiger charge is -2.28. The Bertz CT molecular complexity index is 459. The quantitative estimate of drug-likeness (QED) is 0.480. The van der Waals surface area contributed by atoms with Gasteiger partial charge >= 0.3 is 0 Å². The van der Waals surface area contributed by atoms with Crippen LogP contribution in [-0.4, -0.2) is 24.9 Å². The second-order valence-electron chi connectivity index (χ2n) is 7.04. The first-order valence-electron chi connectivity index (χ1n) is 7.95. The normalized spacial score (nSPS) is 14.3. The second kappa shape index (κ2) is 9.92. The predicted molar refractivity (Wildman–Crippen MR) is 94.1 cm³/mol. The molecule has 6 N–H and O–H groups in total. The summed E-state index contributed by atoms with van der Waals surface area (Å²) < 4.78 is 0. The van der Waals surface area contributed by atoms with Gasteiger partial charge in [-0.25, -0.2) is 0 Å². The fourth-order valence-corrected chi connectivity index (χ4v) is 2.43. The van der Waals surface area contributed by atoms with Crippen molar-refractivity contribution in [2.45, 2.75) is 47.5 Å². The Kier molecular flexibility index (Phi) is 9.07. The van der Waals surface area contributed by atoms with Crippen molar-refractivity contribution in [3.8, 4) is 0 Å². The number of rotatable bonds is 9. The number of nitrogens with one attached hydrogen (secondary N) is 2. The molecule has 6 nitrogen and oxygen atoms in total. The lowest BCUT2D eigenvalue weighted by molar-refractivity contribution is -0.117. The molecule has 0 aromatic heterocycles. The molecule has 0 aliphatic rings. The first kappa shape index (κ1) is 21.0. The fraction of sp³-hybridized carbons (Fsp3) is 0.647. The van der Waals surface area contributed by atoms with Crippen molar-refractivity contribution in [2.75, 3.05) is 13.1 Å². The molecule has 1 atom stereocenters. The van der Waals surface area contributed by atoms with E-state index in [2.05, 4.69) is 31.4 Å². The van der Waals surface area contributed by atoms with Crippen molar-refractivity contribution in [2.24, 2.45) is 22.8 Å². The Balaban J connectivity index is 4.15. The summed E-state index contributed by atoms with van der Waals surface area (Å²) in [6.07, 6.45) is 4.58. The van der Waals surface area contributed by atoms with E-state index in [0.29, 0.717) is 30.4 Å². The van der Waals surface area contributed by atoms with Crippen LogP contribution in [0.25, 0.3) is 0 Å². The smallest absolute Gasteiger partial charge is 0.245 e. The number of nitrogens with two attached hydrogens (primary N) is 2. The maximum Gasteiger partial charge on any atom is 0.245 e. The molecule has 0 fully saturated rings. The summed E-state index contributed by atoms with van der Waals surface area (Å²) >= 11 is 0. The molecule has 23 heavy (non-hydrogen) atoms. The van der Waals surface area contributed by atoms with E-state index >= 15 is 0 Å². The van der Waals surface area contributed by atoms with Crippen LogP contribution in [-0.2, 0) is 9.59 Å². The molecule has 132 valence electrons. The average molecular weight is 324 g/mol. The first-order valence-corrected chi connectivity index (χ1v) is 7.95. The number of allylic oxidation sites excluding steroid dienone is 2. The van der Waals surface area contributed by atoms with Gasteiger partial charge in [-0.2, -0.15) is 0 Å². The summed E-state index contributed by atoms with van der Waals surface area (Å²) in [6.45, 7) is 11.0. The molecule has 0 aliphatic heterocycles. The van der Waals surface area contributed by atoms with E-state index in [9.17, 15) is 9.59 Å². The van der Waals surface area contributed by atoms with Gasteiger partial charge in [0.15, 0.2) is 0 Å². The maximum atomic E-state index is 11.5. The molecule has 0 spiro atoms. The lowest BCUT2D eigenvalue weighted by atomic mass is 9.80. The van der Waals surface area contributed by atoms with Gasteiger partial charge in [-0.3, -0.25) is 9.59 Å². The van der Waals surface area contributed by atoms with E-state index in [0.717, 1.165) is 12.8 Å². The number of amides is 2. The van der Waals surface area contributed by atoms with Crippen molar-refractivity contribution in [3.05, 3.63) is 23.5 Å². The number of carbonyl (C=O) groups is 2. The topological polar surface area (TPSA) is 110 Å². The van der Waals surface area contributed by atoms with Crippen LogP contribution in [0, 0.1) is 11.3 Å². The highest BCUT2D eigenvalue weighted by Gasteiger charge is 2.21. The highest BCUT2D eigenvalue weighted by molar-refractivity contribution is 5.88. The van der Waals surface area contributed by atoms with Gasteiger partial charge in [0.05, 0.1) is 0 Å². The summed E-state index contributed by atoms with van der Waals surface area (Å²) in [5, 5.41) is 5.67. The van der Waals surface area contributed by atoms with E-state index < -0.39 is 0 Å². The zero-order valence-electron chi connectivity index (χ0n) is 15.0. The Labute approximate surface area is 139 Å². The standard InChI is InChI=1S/C17H32N4O2/c1-12(11-21-16(23)9-14(3)19)10-17(4,5)6-7-20-15(22)8-13(2)18/h8-9,12H,6-7,10-11,18-19H2,1-5H3,(H,20,22)(H,21,23)/b13-8-,14-9-. The van der Waals surface area contributed by atoms with Gasteiger partial charge in [0.25, 0.3) is 0 Å². The van der Waals surface area contributed by atoms with Gasteiger partial charge in [-0.05, 0) is 38.0 Å². The van der Waals surface area contributed by atoms with Gasteiger partial charge in [-0.15, -0.1) is 0 Å². The fourth-order valence-electron chi connectivity index (χ4n) is 2.43. The van der Waals surface area contributed by atoms with Crippen LogP contribution in [0.2, 0.25) is 0 Å². The summed E-state index contributed by atoms with van der Waals surface area (Å²) in [5.41, 5.74) is 12.0. The third-order valence-corrected chi connectivity index (χ3v) is 3.34. The molecule has 0 aliphatic carbocycles. The van der Waals surface area contributed by atoms with Crippen LogP contribution < -0.4 is 22.1 Å². The van der Waals surface area contributed by atoms with Crippen molar-refractivity contribution < 1.29 is 9.59 Å². The van der Waals surface area contributed by atoms with Crippen LogP contribution in [0.1, 0.15) is 47.5 Å². The van der Waals surface area contributed by atoms with Crippen LogP contribution in [0.3, 0.4) is 0 Å². The number of carbonyl (C=O) groups excluding carboxylic acids is 2. The second-order valence-corrected chi connectivity index (χ2v) is 7.04. The lowest BCUT2D eigenvalue weighted by Crippen LogP contribution is -2.31. The van der Waals surface area contributed by atoms with Crippen molar-refractivity contribution in [1.29, 1.82) is 0 Å². The minimum absolute atomic E-state index is 0.0680. The third-order valence-electron chi connectivity index (χ3n) is 3.34. The van der Waals surface area contributed by atoms with E-state index in [4.69, 9.17) is 11.5 Å². The molecule has 0 aromatic carbocycles. The molecule has 0 heterocycles. The van der Waals surface area contributed by atoms with Gasteiger partial charge in [0.1, 0.15) is 0 Å². The third kappa shape index (κ3) is 12.3. The molecule has 0 rings (SSSR count). The number of hydrogen-bond acceptors (Lipinski definition) is 4. The van der Waals surface area contributed by atoms with E-state index in [1.807, 2.05) is 0 Å². The Morgan fingerprint density at radius 1 is 1.04 bits per heavy atom. The highest BCUT2D eigenvalue weighted by Crippen LogP contribution is 2.28. The molecular weight excluding hydrogens is 292 g/mol. The van der Waals surface area contributed by atoms with Gasteiger partial charge in [0, 0.05) is 36.6 Å². The molecule has 2 amide bonds. The minimum atomic E-state index is -0.162. The van der Waals surface area contributed by atoms with Crippen LogP contribution in [0.15, 0.2) is 23.5 Å². The van der Waals surface area contributed by atoms with E-state index in [1.54, 1.807) is 13.8 Å². The van der Waals surface area contributed by atoms with Crippen LogP contribution in [0.5, 0.6) is 0 Å². The molecule has 6 heteroatoms. The number of hydrogen-bond donors (Lipinski definition) is 4. The molecule has 0 radical (unpaired) electrons. The van der Waals surface area contributed by atoms with Crippen molar-refractivity contribution in [1.82, 2.24) is 10.6 Å². The molecule has 1 unspecified atom stereocenters. The zero-order valence-corrected chi connectivity index (χ0v) is 15.0. The van der Waals surface area contributed by atoms with Gasteiger partial charge in [-0.1, -0.05) is 20.8 Å². The Hall–Kier alpha value is -1.98. The van der Waals surface area contributed by atoms with Crippen LogP contribution in [0.4, 0.5) is 0 Å². The Morgan fingerprint density at radius 2 is 1.52 bits per heavy atom. The largest absolute Gasteiger partial charge is 0.402 e. The molecular formula is C17H32N4O2.